The predicted octanol–water partition coefficient (Wildman–Crippen LogP) is 1.40. The fraction of sp³-hybridized carbons (Fsp3) is 0.556. The quantitative estimate of drug-likeness (QED) is 0.870. The first-order valence-corrected chi connectivity index (χ1v) is 8.87. The molecule has 140 valence electrons. The van der Waals surface area contributed by atoms with Crippen molar-refractivity contribution in [1.82, 2.24) is 24.6 Å². The molecule has 1 unspecified atom stereocenters. The molecule has 1 aliphatic rings. The van der Waals surface area contributed by atoms with E-state index < -0.39 is 0 Å². The molecule has 26 heavy (non-hydrogen) atoms. The normalized spacial score (nSPS) is 17.4. The number of morpholine rings is 1. The summed E-state index contributed by atoms with van der Waals surface area (Å²) in [4.78, 5) is 23.8. The van der Waals surface area contributed by atoms with Crippen molar-refractivity contribution in [1.29, 1.82) is 0 Å². The lowest BCUT2D eigenvalue weighted by atomic mass is 10.1. The zero-order chi connectivity index (χ0) is 18.7. The van der Waals surface area contributed by atoms with Crippen LogP contribution >= 0.6 is 0 Å². The van der Waals surface area contributed by atoms with E-state index in [4.69, 9.17) is 4.74 Å². The first-order valence-electron chi connectivity index (χ1n) is 8.87. The molecule has 1 aliphatic heterocycles. The second kappa shape index (κ2) is 7.82. The highest BCUT2D eigenvalue weighted by molar-refractivity contribution is 5.77. The summed E-state index contributed by atoms with van der Waals surface area (Å²) in [7, 11) is 3.73. The highest BCUT2D eigenvalue weighted by Gasteiger charge is 2.31. The largest absolute Gasteiger partial charge is 0.377 e. The van der Waals surface area contributed by atoms with E-state index in [0.29, 0.717) is 38.4 Å². The maximum absolute atomic E-state index is 12.9. The fourth-order valence-electron chi connectivity index (χ4n) is 3.16. The average molecular weight is 358 g/mol. The SMILES string of the molecule is CNc1cc(C)nc(C2COCCN2C(=O)CCc2cnn(C)c2C)n1. The Morgan fingerprint density at radius 3 is 2.88 bits per heavy atom. The lowest BCUT2D eigenvalue weighted by Gasteiger charge is -2.35. The Labute approximate surface area is 153 Å². The van der Waals surface area contributed by atoms with Crippen molar-refractivity contribution in [2.45, 2.75) is 32.7 Å². The maximum atomic E-state index is 12.9. The van der Waals surface area contributed by atoms with Crippen molar-refractivity contribution >= 4 is 11.7 Å². The van der Waals surface area contributed by atoms with Crippen LogP contribution in [0.25, 0.3) is 0 Å². The van der Waals surface area contributed by atoms with Gasteiger partial charge in [-0.05, 0) is 25.8 Å². The molecule has 8 heteroatoms. The third kappa shape index (κ3) is 3.85. The summed E-state index contributed by atoms with van der Waals surface area (Å²) >= 11 is 0. The number of hydrogen-bond acceptors (Lipinski definition) is 6. The van der Waals surface area contributed by atoms with E-state index in [1.807, 2.05) is 49.8 Å². The minimum atomic E-state index is -0.252. The molecule has 3 heterocycles. The van der Waals surface area contributed by atoms with E-state index in [0.717, 1.165) is 22.8 Å². The summed E-state index contributed by atoms with van der Waals surface area (Å²) in [5, 5.41) is 7.28. The van der Waals surface area contributed by atoms with Crippen LogP contribution in [0.1, 0.15) is 35.2 Å². The van der Waals surface area contributed by atoms with Crippen molar-refractivity contribution in [3.05, 3.63) is 35.0 Å². The van der Waals surface area contributed by atoms with Crippen molar-refractivity contribution in [2.24, 2.45) is 7.05 Å². The highest BCUT2D eigenvalue weighted by Crippen LogP contribution is 2.24. The van der Waals surface area contributed by atoms with E-state index in [2.05, 4.69) is 20.4 Å². The molecule has 0 aliphatic carbocycles. The number of carbonyl (C=O) groups excluding carboxylic acids is 1. The number of rotatable bonds is 5. The van der Waals surface area contributed by atoms with Gasteiger partial charge in [0.15, 0.2) is 5.82 Å². The van der Waals surface area contributed by atoms with Crippen molar-refractivity contribution < 1.29 is 9.53 Å². The summed E-state index contributed by atoms with van der Waals surface area (Å²) in [6, 6.07) is 1.63. The van der Waals surface area contributed by atoms with Gasteiger partial charge in [0.1, 0.15) is 11.9 Å². The van der Waals surface area contributed by atoms with Gasteiger partial charge in [-0.2, -0.15) is 5.10 Å². The smallest absolute Gasteiger partial charge is 0.223 e. The number of amides is 1. The van der Waals surface area contributed by atoms with E-state index >= 15 is 0 Å². The first kappa shape index (κ1) is 18.3. The van der Waals surface area contributed by atoms with Gasteiger partial charge in [-0.25, -0.2) is 9.97 Å². The van der Waals surface area contributed by atoms with Gasteiger partial charge in [-0.1, -0.05) is 0 Å². The molecular formula is C18H26N6O2. The number of ether oxygens (including phenoxy) is 1. The Kier molecular flexibility index (Phi) is 5.51. The molecule has 0 aromatic carbocycles. The summed E-state index contributed by atoms with van der Waals surface area (Å²) in [6.07, 6.45) is 2.95. The third-order valence-corrected chi connectivity index (χ3v) is 4.82. The van der Waals surface area contributed by atoms with Gasteiger partial charge in [0, 0.05) is 44.5 Å². The van der Waals surface area contributed by atoms with Crippen LogP contribution in [0.5, 0.6) is 0 Å². The molecule has 0 radical (unpaired) electrons. The van der Waals surface area contributed by atoms with Gasteiger partial charge < -0.3 is 15.0 Å². The van der Waals surface area contributed by atoms with Gasteiger partial charge in [0.25, 0.3) is 0 Å². The Hall–Kier alpha value is -2.48. The van der Waals surface area contributed by atoms with Crippen LogP contribution in [-0.2, 0) is 23.0 Å². The number of nitrogens with zero attached hydrogens (tertiary/aromatic N) is 5. The van der Waals surface area contributed by atoms with Crippen LogP contribution < -0.4 is 5.32 Å². The maximum Gasteiger partial charge on any atom is 0.223 e. The molecule has 3 rings (SSSR count). The van der Waals surface area contributed by atoms with Crippen LogP contribution in [-0.4, -0.2) is 57.4 Å². The molecule has 0 bridgehead atoms. The zero-order valence-corrected chi connectivity index (χ0v) is 15.8. The lowest BCUT2D eigenvalue weighted by molar-refractivity contribution is -0.140. The van der Waals surface area contributed by atoms with Crippen LogP contribution in [0.4, 0.5) is 5.82 Å². The topological polar surface area (TPSA) is 85.2 Å². The molecule has 1 N–H and O–H groups in total. The van der Waals surface area contributed by atoms with Crippen molar-refractivity contribution in [3.8, 4) is 0 Å². The molecule has 1 atom stereocenters. The zero-order valence-electron chi connectivity index (χ0n) is 15.8. The summed E-state index contributed by atoms with van der Waals surface area (Å²) in [5.41, 5.74) is 3.07. The molecule has 1 amide bonds. The number of carbonyl (C=O) groups is 1. The van der Waals surface area contributed by atoms with Gasteiger partial charge in [-0.15, -0.1) is 0 Å². The molecular weight excluding hydrogens is 332 g/mol. The van der Waals surface area contributed by atoms with Crippen LogP contribution in [0.15, 0.2) is 12.3 Å². The monoisotopic (exact) mass is 358 g/mol. The van der Waals surface area contributed by atoms with Gasteiger partial charge in [0.2, 0.25) is 5.91 Å². The third-order valence-electron chi connectivity index (χ3n) is 4.82. The van der Waals surface area contributed by atoms with Crippen LogP contribution in [0, 0.1) is 13.8 Å². The Morgan fingerprint density at radius 2 is 2.19 bits per heavy atom. The van der Waals surface area contributed by atoms with E-state index in [1.165, 1.54) is 0 Å². The number of anilines is 1. The van der Waals surface area contributed by atoms with E-state index in [9.17, 15) is 4.79 Å². The summed E-state index contributed by atoms with van der Waals surface area (Å²) < 4.78 is 7.44. The van der Waals surface area contributed by atoms with Crippen LogP contribution in [0.3, 0.4) is 0 Å². The van der Waals surface area contributed by atoms with Crippen molar-refractivity contribution in [3.63, 3.8) is 0 Å². The number of nitrogens with one attached hydrogen (secondary N) is 1. The Balaban J connectivity index is 1.75. The summed E-state index contributed by atoms with van der Waals surface area (Å²) in [6.45, 7) is 5.46. The first-order chi connectivity index (χ1) is 12.5. The van der Waals surface area contributed by atoms with Crippen molar-refractivity contribution in [2.75, 3.05) is 32.1 Å². The second-order valence-electron chi connectivity index (χ2n) is 6.56. The second-order valence-corrected chi connectivity index (χ2v) is 6.56. The minimum absolute atomic E-state index is 0.0951. The number of aromatic nitrogens is 4. The molecule has 8 nitrogen and oxygen atoms in total. The molecule has 1 fully saturated rings. The minimum Gasteiger partial charge on any atom is -0.377 e. The molecule has 2 aromatic heterocycles. The number of hydrogen-bond donors (Lipinski definition) is 1. The Bertz CT molecular complexity index is 788. The van der Waals surface area contributed by atoms with Gasteiger partial charge in [0.05, 0.1) is 19.4 Å². The summed E-state index contributed by atoms with van der Waals surface area (Å²) in [5.74, 6) is 1.47. The molecule has 2 aromatic rings. The van der Waals surface area contributed by atoms with Gasteiger partial charge >= 0.3 is 0 Å². The average Bonchev–Trinajstić information content (AvgIpc) is 2.97. The highest BCUT2D eigenvalue weighted by atomic mass is 16.5. The number of aryl methyl sites for hydroxylation is 3. The molecule has 1 saturated heterocycles. The molecule has 0 saturated carbocycles. The van der Waals surface area contributed by atoms with E-state index in [-0.39, 0.29) is 11.9 Å². The fourth-order valence-corrected chi connectivity index (χ4v) is 3.16. The predicted molar refractivity (Wildman–Crippen MR) is 97.9 cm³/mol. The standard InChI is InChI=1S/C18H26N6O2/c1-12-9-16(19-3)22-18(21-12)15-11-26-8-7-24(15)17(25)6-5-14-10-20-23(4)13(14)2/h9-10,15H,5-8,11H2,1-4H3,(H,19,21,22). The lowest BCUT2D eigenvalue weighted by Crippen LogP contribution is -2.44. The van der Waals surface area contributed by atoms with E-state index in [1.54, 1.807) is 0 Å². The van der Waals surface area contributed by atoms with Gasteiger partial charge in [-0.3, -0.25) is 9.48 Å². The molecule has 0 spiro atoms. The van der Waals surface area contributed by atoms with Crippen LogP contribution in [0.2, 0.25) is 0 Å². The Morgan fingerprint density at radius 1 is 1.38 bits per heavy atom.